The van der Waals surface area contributed by atoms with Crippen LogP contribution in [0, 0.1) is 0 Å². The molecule has 1 aromatic carbocycles. The van der Waals surface area contributed by atoms with Crippen molar-refractivity contribution in [2.45, 2.75) is 30.7 Å². The zero-order valence-corrected chi connectivity index (χ0v) is 16.9. The number of benzene rings is 1. The lowest BCUT2D eigenvalue weighted by atomic mass is 10.2. The first-order chi connectivity index (χ1) is 12.4. The number of rotatable bonds is 5. The van der Waals surface area contributed by atoms with Crippen LogP contribution in [0.5, 0.6) is 0 Å². The number of sulfonamides is 1. The average Bonchev–Trinajstić information content (AvgIpc) is 2.66. The molecule has 0 bridgehead atoms. The minimum absolute atomic E-state index is 0.239. The summed E-state index contributed by atoms with van der Waals surface area (Å²) >= 11 is 3.26. The van der Waals surface area contributed by atoms with Crippen molar-refractivity contribution < 1.29 is 8.42 Å². The van der Waals surface area contributed by atoms with Gasteiger partial charge in [0, 0.05) is 26.7 Å². The van der Waals surface area contributed by atoms with E-state index >= 15 is 0 Å². The Morgan fingerprint density at radius 3 is 2.69 bits per heavy atom. The highest BCUT2D eigenvalue weighted by atomic mass is 79.9. The molecule has 1 aliphatic heterocycles. The Labute approximate surface area is 161 Å². The molecule has 2 heterocycles. The smallest absolute Gasteiger partial charge is 0.282 e. The van der Waals surface area contributed by atoms with Gasteiger partial charge in [-0.1, -0.05) is 18.6 Å². The predicted molar refractivity (Wildman–Crippen MR) is 104 cm³/mol. The van der Waals surface area contributed by atoms with Crippen LogP contribution in [0.2, 0.25) is 0 Å². The van der Waals surface area contributed by atoms with Crippen LogP contribution < -0.4 is 10.9 Å². The van der Waals surface area contributed by atoms with Crippen molar-refractivity contribution in [3.63, 3.8) is 0 Å². The quantitative estimate of drug-likeness (QED) is 0.770. The summed E-state index contributed by atoms with van der Waals surface area (Å²) in [6.45, 7) is 1.55. The molecule has 0 spiro atoms. The fraction of sp³-hybridized carbons (Fsp3) is 0.412. The van der Waals surface area contributed by atoms with Crippen molar-refractivity contribution in [1.82, 2.24) is 14.1 Å². The van der Waals surface area contributed by atoms with Crippen molar-refractivity contribution in [2.24, 2.45) is 7.05 Å². The lowest BCUT2D eigenvalue weighted by Crippen LogP contribution is -2.35. The van der Waals surface area contributed by atoms with E-state index in [9.17, 15) is 13.2 Å². The lowest BCUT2D eigenvalue weighted by molar-refractivity contribution is 0.346. The van der Waals surface area contributed by atoms with E-state index in [1.165, 1.54) is 4.68 Å². The SMILES string of the molecule is Cn1ncc(NCc2cccc(S(=O)(=O)N3CCCCC3)c2)c(Br)c1=O. The molecule has 3 rings (SSSR count). The molecule has 1 aliphatic rings. The maximum absolute atomic E-state index is 12.8. The molecule has 1 N–H and O–H groups in total. The Bertz CT molecular complexity index is 953. The molecule has 1 fully saturated rings. The molecule has 0 radical (unpaired) electrons. The Kier molecular flexibility index (Phi) is 5.79. The summed E-state index contributed by atoms with van der Waals surface area (Å²) in [6, 6.07) is 6.90. The minimum Gasteiger partial charge on any atom is -0.379 e. The first-order valence-electron chi connectivity index (χ1n) is 8.44. The topological polar surface area (TPSA) is 84.3 Å². The molecule has 0 saturated carbocycles. The molecule has 140 valence electrons. The Balaban J connectivity index is 1.78. The fourth-order valence-corrected chi connectivity index (χ4v) is 4.99. The highest BCUT2D eigenvalue weighted by molar-refractivity contribution is 9.10. The Morgan fingerprint density at radius 2 is 1.96 bits per heavy atom. The largest absolute Gasteiger partial charge is 0.379 e. The first kappa shape index (κ1) is 19.1. The van der Waals surface area contributed by atoms with Gasteiger partial charge in [0.15, 0.2) is 0 Å². The third kappa shape index (κ3) is 3.99. The highest BCUT2D eigenvalue weighted by Gasteiger charge is 2.25. The van der Waals surface area contributed by atoms with Gasteiger partial charge in [-0.3, -0.25) is 4.79 Å². The first-order valence-corrected chi connectivity index (χ1v) is 10.7. The van der Waals surface area contributed by atoms with Crippen LogP contribution in [0.15, 0.2) is 44.6 Å². The number of aryl methyl sites for hydroxylation is 1. The van der Waals surface area contributed by atoms with Crippen molar-refractivity contribution >= 4 is 31.6 Å². The van der Waals surface area contributed by atoms with Gasteiger partial charge in [0.25, 0.3) is 5.56 Å². The molecule has 1 saturated heterocycles. The van der Waals surface area contributed by atoms with Crippen molar-refractivity contribution in [3.05, 3.63) is 50.9 Å². The van der Waals surface area contributed by atoms with E-state index in [0.29, 0.717) is 34.7 Å². The summed E-state index contributed by atoms with van der Waals surface area (Å²) in [5.74, 6) is 0. The summed E-state index contributed by atoms with van der Waals surface area (Å²) in [6.07, 6.45) is 4.45. The zero-order chi connectivity index (χ0) is 18.7. The van der Waals surface area contributed by atoms with E-state index in [2.05, 4.69) is 26.3 Å². The highest BCUT2D eigenvalue weighted by Crippen LogP contribution is 2.22. The number of hydrogen-bond acceptors (Lipinski definition) is 5. The van der Waals surface area contributed by atoms with Crippen LogP contribution >= 0.6 is 15.9 Å². The van der Waals surface area contributed by atoms with Gasteiger partial charge in [0.2, 0.25) is 10.0 Å². The van der Waals surface area contributed by atoms with Crippen molar-refractivity contribution in [2.75, 3.05) is 18.4 Å². The number of hydrogen-bond donors (Lipinski definition) is 1. The number of nitrogens with one attached hydrogen (secondary N) is 1. The van der Waals surface area contributed by atoms with E-state index < -0.39 is 10.0 Å². The van der Waals surface area contributed by atoms with E-state index in [1.54, 1.807) is 35.7 Å². The van der Waals surface area contributed by atoms with Gasteiger partial charge in [-0.25, -0.2) is 13.1 Å². The zero-order valence-electron chi connectivity index (χ0n) is 14.5. The van der Waals surface area contributed by atoms with Gasteiger partial charge in [-0.05, 0) is 46.5 Å². The number of nitrogens with zero attached hydrogens (tertiary/aromatic N) is 3. The van der Waals surface area contributed by atoms with Crippen LogP contribution in [0.1, 0.15) is 24.8 Å². The fourth-order valence-electron chi connectivity index (χ4n) is 2.90. The van der Waals surface area contributed by atoms with Gasteiger partial charge >= 0.3 is 0 Å². The molecule has 9 heteroatoms. The summed E-state index contributed by atoms with van der Waals surface area (Å²) in [5.41, 5.74) is 1.14. The minimum atomic E-state index is -3.46. The van der Waals surface area contributed by atoms with Gasteiger partial charge in [-0.2, -0.15) is 9.40 Å². The van der Waals surface area contributed by atoms with Crippen LogP contribution in [0.3, 0.4) is 0 Å². The third-order valence-electron chi connectivity index (χ3n) is 4.41. The van der Waals surface area contributed by atoms with Gasteiger partial charge in [-0.15, -0.1) is 0 Å². The standard InChI is InChI=1S/C17H21BrN4O3S/c1-21-17(23)16(18)15(12-20-21)19-11-13-6-5-7-14(10-13)26(24,25)22-8-3-2-4-9-22/h5-7,10,12,19H,2-4,8-9,11H2,1H3. The second-order valence-corrected chi connectivity index (χ2v) is 9.00. The molecule has 7 nitrogen and oxygen atoms in total. The van der Waals surface area contributed by atoms with Crippen LogP contribution in [-0.2, 0) is 23.6 Å². The number of halogens is 1. The second kappa shape index (κ2) is 7.89. The van der Waals surface area contributed by atoms with Crippen LogP contribution in [0.25, 0.3) is 0 Å². The molecule has 0 atom stereocenters. The Hall–Kier alpha value is -1.71. The van der Waals surface area contributed by atoms with Gasteiger partial charge in [0.1, 0.15) is 4.47 Å². The summed E-state index contributed by atoms with van der Waals surface area (Å²) < 4.78 is 28.8. The molecule has 0 aliphatic carbocycles. The van der Waals surface area contributed by atoms with Crippen LogP contribution in [0.4, 0.5) is 5.69 Å². The van der Waals surface area contributed by atoms with Gasteiger partial charge in [0.05, 0.1) is 16.8 Å². The maximum atomic E-state index is 12.8. The van der Waals surface area contributed by atoms with Gasteiger partial charge < -0.3 is 5.32 Å². The molecule has 2 aromatic rings. The normalized spacial score (nSPS) is 15.8. The summed E-state index contributed by atoms with van der Waals surface area (Å²) in [4.78, 5) is 12.2. The molecule has 0 unspecified atom stereocenters. The average molecular weight is 441 g/mol. The van der Waals surface area contributed by atoms with E-state index in [0.717, 1.165) is 24.8 Å². The van der Waals surface area contributed by atoms with E-state index in [1.807, 2.05) is 6.07 Å². The molecular formula is C17H21BrN4O3S. The van der Waals surface area contributed by atoms with Crippen LogP contribution in [-0.4, -0.2) is 35.6 Å². The predicted octanol–water partition coefficient (Wildman–Crippen LogP) is 2.33. The maximum Gasteiger partial charge on any atom is 0.282 e. The molecular weight excluding hydrogens is 420 g/mol. The Morgan fingerprint density at radius 1 is 1.23 bits per heavy atom. The number of piperidine rings is 1. The number of aromatic nitrogens is 2. The molecule has 1 aromatic heterocycles. The van der Waals surface area contributed by atoms with Crippen molar-refractivity contribution in [3.8, 4) is 0 Å². The van der Waals surface area contributed by atoms with E-state index in [4.69, 9.17) is 0 Å². The summed E-state index contributed by atoms with van der Waals surface area (Å²) in [5, 5.41) is 7.10. The monoisotopic (exact) mass is 440 g/mol. The summed E-state index contributed by atoms with van der Waals surface area (Å²) in [7, 11) is -1.88. The third-order valence-corrected chi connectivity index (χ3v) is 7.07. The molecule has 26 heavy (non-hydrogen) atoms. The number of anilines is 1. The van der Waals surface area contributed by atoms with Crippen molar-refractivity contribution in [1.29, 1.82) is 0 Å². The second-order valence-electron chi connectivity index (χ2n) is 6.27. The van der Waals surface area contributed by atoms with E-state index in [-0.39, 0.29) is 5.56 Å². The lowest BCUT2D eigenvalue weighted by Gasteiger charge is -2.26. The molecule has 0 amide bonds.